The van der Waals surface area contributed by atoms with E-state index >= 15 is 0 Å². The molecule has 0 aromatic heterocycles. The number of benzene rings is 1. The van der Waals surface area contributed by atoms with Crippen LogP contribution in [-0.2, 0) is 6.42 Å². The molecule has 0 saturated carbocycles. The summed E-state index contributed by atoms with van der Waals surface area (Å²) in [6.45, 7) is 8.18. The van der Waals surface area contributed by atoms with E-state index in [9.17, 15) is 4.39 Å². The third-order valence-electron chi connectivity index (χ3n) is 2.81. The van der Waals surface area contributed by atoms with Crippen molar-refractivity contribution in [2.75, 3.05) is 18.0 Å². The van der Waals surface area contributed by atoms with Crippen LogP contribution in [0.3, 0.4) is 0 Å². The van der Waals surface area contributed by atoms with E-state index in [1.807, 2.05) is 12.1 Å². The van der Waals surface area contributed by atoms with Gasteiger partial charge in [0.15, 0.2) is 0 Å². The molecule has 0 aliphatic carbocycles. The summed E-state index contributed by atoms with van der Waals surface area (Å²) in [5.41, 5.74) is 2.33. The number of hydrogen-bond acceptors (Lipinski definition) is 1. The highest BCUT2D eigenvalue weighted by Gasteiger charge is 2.05. The van der Waals surface area contributed by atoms with Gasteiger partial charge >= 0.3 is 0 Å². The summed E-state index contributed by atoms with van der Waals surface area (Å²) in [7, 11) is 0. The normalized spacial score (nSPS) is 12.5. The number of rotatable bonds is 7. The molecule has 17 heavy (non-hydrogen) atoms. The van der Waals surface area contributed by atoms with Gasteiger partial charge in [0.1, 0.15) is 6.17 Å². The van der Waals surface area contributed by atoms with Crippen molar-refractivity contribution in [2.24, 2.45) is 0 Å². The van der Waals surface area contributed by atoms with Gasteiger partial charge in [-0.25, -0.2) is 4.39 Å². The van der Waals surface area contributed by atoms with Crippen molar-refractivity contribution in [1.82, 2.24) is 0 Å². The van der Waals surface area contributed by atoms with Crippen LogP contribution in [0.15, 0.2) is 24.3 Å². The molecule has 0 heterocycles. The molecule has 0 N–H and O–H groups in total. The van der Waals surface area contributed by atoms with Crippen molar-refractivity contribution in [3.63, 3.8) is 0 Å². The van der Waals surface area contributed by atoms with Crippen LogP contribution >= 0.6 is 0 Å². The van der Waals surface area contributed by atoms with Gasteiger partial charge in [0.2, 0.25) is 0 Å². The van der Waals surface area contributed by atoms with Gasteiger partial charge in [0, 0.05) is 25.2 Å². The molecular formula is C15H24FN. The predicted molar refractivity (Wildman–Crippen MR) is 73.5 cm³/mol. The van der Waals surface area contributed by atoms with Crippen molar-refractivity contribution in [2.45, 2.75) is 46.2 Å². The molecule has 0 amide bonds. The Kier molecular flexibility index (Phi) is 6.03. The van der Waals surface area contributed by atoms with Gasteiger partial charge in [-0.1, -0.05) is 26.0 Å². The molecule has 0 aliphatic rings. The average molecular weight is 237 g/mol. The quantitative estimate of drug-likeness (QED) is 0.686. The fraction of sp³-hybridized carbons (Fsp3) is 0.600. The van der Waals surface area contributed by atoms with E-state index in [4.69, 9.17) is 0 Å². The molecule has 0 bridgehead atoms. The molecule has 1 atom stereocenters. The van der Waals surface area contributed by atoms with E-state index in [-0.39, 0.29) is 0 Å². The fourth-order valence-corrected chi connectivity index (χ4v) is 2.08. The lowest BCUT2D eigenvalue weighted by molar-refractivity contribution is 0.360. The third-order valence-corrected chi connectivity index (χ3v) is 2.81. The van der Waals surface area contributed by atoms with Crippen LogP contribution in [-0.4, -0.2) is 19.3 Å². The SMILES string of the molecule is CCCN(CCC)c1ccc(CC(C)F)cc1. The average Bonchev–Trinajstić information content (AvgIpc) is 2.29. The van der Waals surface area contributed by atoms with Crippen molar-refractivity contribution < 1.29 is 4.39 Å². The topological polar surface area (TPSA) is 3.24 Å². The van der Waals surface area contributed by atoms with Gasteiger partial charge < -0.3 is 4.90 Å². The van der Waals surface area contributed by atoms with E-state index in [1.165, 1.54) is 5.69 Å². The Morgan fingerprint density at radius 1 is 1.06 bits per heavy atom. The van der Waals surface area contributed by atoms with Crippen LogP contribution in [0.5, 0.6) is 0 Å². The Bertz CT molecular complexity index is 299. The first-order chi connectivity index (χ1) is 8.17. The molecule has 0 spiro atoms. The van der Waals surface area contributed by atoms with E-state index in [2.05, 4.69) is 30.9 Å². The molecule has 1 aromatic rings. The van der Waals surface area contributed by atoms with Crippen molar-refractivity contribution in [3.8, 4) is 0 Å². The Morgan fingerprint density at radius 2 is 1.59 bits per heavy atom. The Morgan fingerprint density at radius 3 is 2.00 bits per heavy atom. The first kappa shape index (κ1) is 14.0. The van der Waals surface area contributed by atoms with Crippen LogP contribution in [0.25, 0.3) is 0 Å². The van der Waals surface area contributed by atoms with Crippen molar-refractivity contribution >= 4 is 5.69 Å². The second-order valence-electron chi connectivity index (χ2n) is 4.64. The molecule has 1 unspecified atom stereocenters. The maximum atomic E-state index is 12.9. The highest BCUT2D eigenvalue weighted by atomic mass is 19.1. The summed E-state index contributed by atoms with van der Waals surface area (Å²) in [6, 6.07) is 8.32. The van der Waals surface area contributed by atoms with E-state index in [1.54, 1.807) is 6.92 Å². The number of alkyl halides is 1. The van der Waals surface area contributed by atoms with Crippen LogP contribution < -0.4 is 4.90 Å². The molecule has 0 fully saturated rings. The van der Waals surface area contributed by atoms with E-state index < -0.39 is 6.17 Å². The van der Waals surface area contributed by atoms with Gasteiger partial charge in [0.25, 0.3) is 0 Å². The van der Waals surface area contributed by atoms with Gasteiger partial charge in [-0.3, -0.25) is 0 Å². The van der Waals surface area contributed by atoms with Crippen molar-refractivity contribution in [3.05, 3.63) is 29.8 Å². The van der Waals surface area contributed by atoms with Crippen LogP contribution in [0.4, 0.5) is 10.1 Å². The smallest absolute Gasteiger partial charge is 0.101 e. The van der Waals surface area contributed by atoms with Gasteiger partial charge in [-0.15, -0.1) is 0 Å². The highest BCUT2D eigenvalue weighted by molar-refractivity contribution is 5.47. The largest absolute Gasteiger partial charge is 0.372 e. The summed E-state index contributed by atoms with van der Waals surface area (Å²) >= 11 is 0. The first-order valence-corrected chi connectivity index (χ1v) is 6.65. The van der Waals surface area contributed by atoms with Gasteiger partial charge in [0.05, 0.1) is 0 Å². The van der Waals surface area contributed by atoms with Crippen LogP contribution in [0, 0.1) is 0 Å². The zero-order chi connectivity index (χ0) is 12.7. The molecule has 1 aromatic carbocycles. The number of halogens is 1. The zero-order valence-corrected chi connectivity index (χ0v) is 11.2. The summed E-state index contributed by atoms with van der Waals surface area (Å²) in [4.78, 5) is 2.39. The number of hydrogen-bond donors (Lipinski definition) is 0. The third kappa shape index (κ3) is 4.76. The highest BCUT2D eigenvalue weighted by Crippen LogP contribution is 2.17. The molecular weight excluding hydrogens is 213 g/mol. The van der Waals surface area contributed by atoms with Gasteiger partial charge in [-0.05, 0) is 37.5 Å². The Labute approximate surface area is 105 Å². The summed E-state index contributed by atoms with van der Waals surface area (Å²) in [5.74, 6) is 0. The summed E-state index contributed by atoms with van der Waals surface area (Å²) in [6.07, 6.45) is 2.07. The second-order valence-corrected chi connectivity index (χ2v) is 4.64. The lowest BCUT2D eigenvalue weighted by Crippen LogP contribution is -2.24. The minimum Gasteiger partial charge on any atom is -0.372 e. The van der Waals surface area contributed by atoms with E-state index in [0.717, 1.165) is 31.5 Å². The minimum atomic E-state index is -0.761. The standard InChI is InChI=1S/C15H24FN/c1-4-10-17(11-5-2)15-8-6-14(7-9-15)12-13(3)16/h6-9,13H,4-5,10-12H2,1-3H3. The maximum Gasteiger partial charge on any atom is 0.101 e. The summed E-state index contributed by atoms with van der Waals surface area (Å²) < 4.78 is 12.9. The number of nitrogens with zero attached hydrogens (tertiary/aromatic N) is 1. The zero-order valence-electron chi connectivity index (χ0n) is 11.2. The summed E-state index contributed by atoms with van der Waals surface area (Å²) in [5, 5.41) is 0. The molecule has 1 rings (SSSR count). The van der Waals surface area contributed by atoms with Gasteiger partial charge in [-0.2, -0.15) is 0 Å². The maximum absolute atomic E-state index is 12.9. The molecule has 0 aliphatic heterocycles. The lowest BCUT2D eigenvalue weighted by atomic mass is 10.1. The predicted octanol–water partition coefficient (Wildman–Crippen LogP) is 4.21. The van der Waals surface area contributed by atoms with Crippen LogP contribution in [0.2, 0.25) is 0 Å². The molecule has 96 valence electrons. The minimum absolute atomic E-state index is 0.516. The van der Waals surface area contributed by atoms with Crippen LogP contribution in [0.1, 0.15) is 39.2 Å². The Hall–Kier alpha value is -1.05. The monoisotopic (exact) mass is 237 g/mol. The van der Waals surface area contributed by atoms with Crippen molar-refractivity contribution in [1.29, 1.82) is 0 Å². The molecule has 0 radical (unpaired) electrons. The first-order valence-electron chi connectivity index (χ1n) is 6.65. The van der Waals surface area contributed by atoms with E-state index in [0.29, 0.717) is 6.42 Å². The molecule has 0 saturated heterocycles. The Balaban J connectivity index is 2.69. The number of anilines is 1. The fourth-order valence-electron chi connectivity index (χ4n) is 2.08. The molecule has 1 nitrogen and oxygen atoms in total. The lowest BCUT2D eigenvalue weighted by Gasteiger charge is -2.24. The molecule has 2 heteroatoms. The second kappa shape index (κ2) is 7.31.